The second kappa shape index (κ2) is 4.95. The number of pyridine rings is 1. The van der Waals surface area contributed by atoms with Crippen molar-refractivity contribution < 1.29 is 4.79 Å². The highest BCUT2D eigenvalue weighted by Crippen LogP contribution is 2.14. The summed E-state index contributed by atoms with van der Waals surface area (Å²) < 4.78 is 0.881. The summed E-state index contributed by atoms with van der Waals surface area (Å²) in [6.07, 6.45) is 3.36. The average molecular weight is 258 g/mol. The highest BCUT2D eigenvalue weighted by molar-refractivity contribution is 9.10. The molecule has 14 heavy (non-hydrogen) atoms. The number of hydrogen-bond acceptors (Lipinski definition) is 3. The van der Waals surface area contributed by atoms with E-state index in [0.717, 1.165) is 10.2 Å². The molecule has 76 valence electrons. The van der Waals surface area contributed by atoms with Crippen molar-refractivity contribution in [1.82, 2.24) is 10.3 Å². The minimum absolute atomic E-state index is 0.0509. The van der Waals surface area contributed by atoms with Gasteiger partial charge in [-0.3, -0.25) is 9.78 Å². The SMILES string of the molecule is CNC(=O)C(C)Nc1cncc(Br)c1. The highest BCUT2D eigenvalue weighted by atomic mass is 79.9. The number of aromatic nitrogens is 1. The molecule has 0 aliphatic carbocycles. The van der Waals surface area contributed by atoms with Gasteiger partial charge >= 0.3 is 0 Å². The van der Waals surface area contributed by atoms with E-state index in [1.165, 1.54) is 0 Å². The fourth-order valence-corrected chi connectivity index (χ4v) is 1.39. The maximum Gasteiger partial charge on any atom is 0.241 e. The summed E-state index contributed by atoms with van der Waals surface area (Å²) in [7, 11) is 1.61. The molecule has 4 nitrogen and oxygen atoms in total. The molecular weight excluding hydrogens is 246 g/mol. The lowest BCUT2D eigenvalue weighted by Crippen LogP contribution is -2.35. The highest BCUT2D eigenvalue weighted by Gasteiger charge is 2.09. The summed E-state index contributed by atoms with van der Waals surface area (Å²) in [5.74, 6) is -0.0509. The van der Waals surface area contributed by atoms with E-state index in [2.05, 4.69) is 31.5 Å². The van der Waals surface area contributed by atoms with Gasteiger partial charge in [0, 0.05) is 17.7 Å². The molecule has 1 unspecified atom stereocenters. The minimum Gasteiger partial charge on any atom is -0.373 e. The molecule has 0 spiro atoms. The second-order valence-electron chi connectivity index (χ2n) is 2.87. The fourth-order valence-electron chi connectivity index (χ4n) is 1.02. The van der Waals surface area contributed by atoms with Crippen molar-refractivity contribution >= 4 is 27.5 Å². The first-order valence-electron chi connectivity index (χ1n) is 4.22. The quantitative estimate of drug-likeness (QED) is 0.861. The molecule has 0 fully saturated rings. The van der Waals surface area contributed by atoms with Crippen LogP contribution >= 0.6 is 15.9 Å². The van der Waals surface area contributed by atoms with Crippen molar-refractivity contribution in [3.63, 3.8) is 0 Å². The van der Waals surface area contributed by atoms with Gasteiger partial charge in [-0.25, -0.2) is 0 Å². The third-order valence-corrected chi connectivity index (χ3v) is 2.16. The zero-order valence-corrected chi connectivity index (χ0v) is 9.63. The van der Waals surface area contributed by atoms with Gasteiger partial charge in [0.05, 0.1) is 11.9 Å². The molecule has 1 aromatic heterocycles. The summed E-state index contributed by atoms with van der Waals surface area (Å²) in [5, 5.41) is 5.59. The number of nitrogens with zero attached hydrogens (tertiary/aromatic N) is 1. The Bertz CT molecular complexity index is 330. The lowest BCUT2D eigenvalue weighted by atomic mass is 10.3. The van der Waals surface area contributed by atoms with Gasteiger partial charge in [0.25, 0.3) is 0 Å². The Morgan fingerprint density at radius 2 is 2.29 bits per heavy atom. The zero-order valence-electron chi connectivity index (χ0n) is 8.04. The Labute approximate surface area is 91.2 Å². The van der Waals surface area contributed by atoms with Crippen LogP contribution in [0.5, 0.6) is 0 Å². The Kier molecular flexibility index (Phi) is 3.88. The van der Waals surface area contributed by atoms with Crippen molar-refractivity contribution in [2.75, 3.05) is 12.4 Å². The molecule has 1 aromatic rings. The molecule has 5 heteroatoms. The molecule has 0 bridgehead atoms. The van der Waals surface area contributed by atoms with Crippen LogP contribution in [0.15, 0.2) is 22.9 Å². The van der Waals surface area contributed by atoms with Gasteiger partial charge in [0.1, 0.15) is 6.04 Å². The number of nitrogens with one attached hydrogen (secondary N) is 2. The van der Waals surface area contributed by atoms with Crippen LogP contribution in [0.2, 0.25) is 0 Å². The molecule has 1 heterocycles. The number of carbonyl (C=O) groups excluding carboxylic acids is 1. The fraction of sp³-hybridized carbons (Fsp3) is 0.333. The first kappa shape index (κ1) is 11.0. The monoisotopic (exact) mass is 257 g/mol. The predicted molar refractivity (Wildman–Crippen MR) is 59.1 cm³/mol. The van der Waals surface area contributed by atoms with Crippen molar-refractivity contribution in [3.8, 4) is 0 Å². The van der Waals surface area contributed by atoms with Crippen LogP contribution in [-0.4, -0.2) is 24.0 Å². The number of carbonyl (C=O) groups is 1. The lowest BCUT2D eigenvalue weighted by Gasteiger charge is -2.13. The lowest BCUT2D eigenvalue weighted by molar-refractivity contribution is -0.121. The van der Waals surface area contributed by atoms with Gasteiger partial charge in [0.2, 0.25) is 5.91 Å². The maximum absolute atomic E-state index is 11.2. The van der Waals surface area contributed by atoms with Crippen molar-refractivity contribution in [2.45, 2.75) is 13.0 Å². The Morgan fingerprint density at radius 1 is 1.57 bits per heavy atom. The third kappa shape index (κ3) is 2.99. The summed E-state index contributed by atoms with van der Waals surface area (Å²) >= 11 is 3.30. The van der Waals surface area contributed by atoms with Crippen LogP contribution in [-0.2, 0) is 4.79 Å². The van der Waals surface area contributed by atoms with E-state index in [-0.39, 0.29) is 11.9 Å². The topological polar surface area (TPSA) is 54.0 Å². The van der Waals surface area contributed by atoms with E-state index < -0.39 is 0 Å². The van der Waals surface area contributed by atoms with Gasteiger partial charge in [-0.1, -0.05) is 0 Å². The number of hydrogen-bond donors (Lipinski definition) is 2. The summed E-state index contributed by atoms with van der Waals surface area (Å²) in [6, 6.07) is 1.60. The number of anilines is 1. The molecular formula is C9H12BrN3O. The molecule has 0 saturated heterocycles. The normalized spacial score (nSPS) is 11.9. The molecule has 0 aromatic carbocycles. The Hall–Kier alpha value is -1.10. The summed E-state index contributed by atoms with van der Waals surface area (Å²) in [6.45, 7) is 1.79. The van der Waals surface area contributed by atoms with Crippen molar-refractivity contribution in [3.05, 3.63) is 22.9 Å². The van der Waals surface area contributed by atoms with Crippen LogP contribution < -0.4 is 10.6 Å². The van der Waals surface area contributed by atoms with E-state index in [1.807, 2.05) is 6.07 Å². The first-order valence-corrected chi connectivity index (χ1v) is 5.01. The molecule has 0 aliphatic rings. The van der Waals surface area contributed by atoms with Crippen LogP contribution in [0.4, 0.5) is 5.69 Å². The van der Waals surface area contributed by atoms with Crippen molar-refractivity contribution in [1.29, 1.82) is 0 Å². The average Bonchev–Trinajstić information content (AvgIpc) is 2.16. The maximum atomic E-state index is 11.2. The third-order valence-electron chi connectivity index (χ3n) is 1.73. The smallest absolute Gasteiger partial charge is 0.241 e. The van der Waals surface area contributed by atoms with E-state index in [9.17, 15) is 4.79 Å². The number of halogens is 1. The zero-order chi connectivity index (χ0) is 10.6. The molecule has 0 aliphatic heterocycles. The predicted octanol–water partition coefficient (Wildman–Crippen LogP) is 1.39. The Balaban J connectivity index is 2.64. The van der Waals surface area contributed by atoms with Crippen molar-refractivity contribution in [2.24, 2.45) is 0 Å². The molecule has 2 N–H and O–H groups in total. The minimum atomic E-state index is -0.268. The number of amides is 1. The molecule has 1 atom stereocenters. The van der Waals surface area contributed by atoms with Crippen LogP contribution in [0.3, 0.4) is 0 Å². The standard InChI is InChI=1S/C9H12BrN3O/c1-6(9(14)11-2)13-8-3-7(10)4-12-5-8/h3-6,13H,1-2H3,(H,11,14). The molecule has 1 amide bonds. The number of rotatable bonds is 3. The van der Waals surface area contributed by atoms with E-state index >= 15 is 0 Å². The summed E-state index contributed by atoms with van der Waals surface area (Å²) in [4.78, 5) is 15.2. The molecule has 0 radical (unpaired) electrons. The van der Waals surface area contributed by atoms with Gasteiger partial charge in [-0.15, -0.1) is 0 Å². The van der Waals surface area contributed by atoms with E-state index in [1.54, 1.807) is 26.4 Å². The first-order chi connectivity index (χ1) is 6.63. The van der Waals surface area contributed by atoms with Crippen LogP contribution in [0.1, 0.15) is 6.92 Å². The second-order valence-corrected chi connectivity index (χ2v) is 3.79. The summed E-state index contributed by atoms with van der Waals surface area (Å²) in [5.41, 5.74) is 0.815. The van der Waals surface area contributed by atoms with Gasteiger partial charge in [-0.2, -0.15) is 0 Å². The molecule has 0 saturated carbocycles. The van der Waals surface area contributed by atoms with Gasteiger partial charge < -0.3 is 10.6 Å². The molecule has 1 rings (SSSR count). The largest absolute Gasteiger partial charge is 0.373 e. The van der Waals surface area contributed by atoms with Crippen LogP contribution in [0.25, 0.3) is 0 Å². The van der Waals surface area contributed by atoms with Crippen LogP contribution in [0, 0.1) is 0 Å². The Morgan fingerprint density at radius 3 is 2.86 bits per heavy atom. The van der Waals surface area contributed by atoms with E-state index in [4.69, 9.17) is 0 Å². The van der Waals surface area contributed by atoms with Gasteiger partial charge in [-0.05, 0) is 28.9 Å². The van der Waals surface area contributed by atoms with Gasteiger partial charge in [0.15, 0.2) is 0 Å². The number of likely N-dealkylation sites (N-methyl/N-ethyl adjacent to an activating group) is 1. The van der Waals surface area contributed by atoms with E-state index in [0.29, 0.717) is 0 Å².